The Morgan fingerprint density at radius 3 is 2.64 bits per heavy atom. The lowest BCUT2D eigenvalue weighted by molar-refractivity contribution is 1.14. The molecule has 5 N–H and O–H groups in total. The minimum Gasteiger partial charge on any atom is -0.398 e. The Morgan fingerprint density at radius 2 is 2.18 bits per heavy atom. The summed E-state index contributed by atoms with van der Waals surface area (Å²) >= 11 is 0. The lowest BCUT2D eigenvalue weighted by atomic mass is 10.1. The van der Waals surface area contributed by atoms with Crippen LogP contribution in [0.3, 0.4) is 0 Å². The Kier molecular flexibility index (Phi) is 2.33. The summed E-state index contributed by atoms with van der Waals surface area (Å²) in [5, 5.41) is 0. The van der Waals surface area contributed by atoms with Gasteiger partial charge < -0.3 is 11.2 Å². The Labute approximate surface area is 66.4 Å². The van der Waals surface area contributed by atoms with Crippen LogP contribution in [0.5, 0.6) is 0 Å². The summed E-state index contributed by atoms with van der Waals surface area (Å²) in [6.07, 6.45) is 0.955. The third-order valence-electron chi connectivity index (χ3n) is 1.69. The van der Waals surface area contributed by atoms with Crippen molar-refractivity contribution in [1.29, 1.82) is 0 Å². The summed E-state index contributed by atoms with van der Waals surface area (Å²) in [6.45, 7) is 2.07. The predicted molar refractivity (Wildman–Crippen MR) is 48.0 cm³/mol. The highest BCUT2D eigenvalue weighted by Crippen LogP contribution is 2.17. The zero-order valence-electron chi connectivity index (χ0n) is 6.59. The van der Waals surface area contributed by atoms with E-state index < -0.39 is 0 Å². The first-order valence-corrected chi connectivity index (χ1v) is 3.63. The Balaban J connectivity index is 2.99. The Hall–Kier alpha value is -1.22. The molecule has 1 aromatic rings. The van der Waals surface area contributed by atoms with Crippen LogP contribution in [-0.4, -0.2) is 0 Å². The first-order valence-electron chi connectivity index (χ1n) is 3.63. The van der Waals surface area contributed by atoms with Gasteiger partial charge in [-0.2, -0.15) is 0 Å². The van der Waals surface area contributed by atoms with Gasteiger partial charge >= 0.3 is 0 Å². The van der Waals surface area contributed by atoms with Crippen molar-refractivity contribution in [3.05, 3.63) is 23.8 Å². The van der Waals surface area contributed by atoms with Gasteiger partial charge in [-0.05, 0) is 24.1 Å². The molecule has 0 aliphatic carbocycles. The second-order valence-corrected chi connectivity index (χ2v) is 2.41. The van der Waals surface area contributed by atoms with E-state index in [9.17, 15) is 0 Å². The topological polar surface area (TPSA) is 64.1 Å². The molecular weight excluding hydrogens is 138 g/mol. The van der Waals surface area contributed by atoms with E-state index in [0.717, 1.165) is 23.4 Å². The molecule has 3 heteroatoms. The molecule has 0 aliphatic heterocycles. The quantitative estimate of drug-likeness (QED) is 0.337. The van der Waals surface area contributed by atoms with E-state index in [4.69, 9.17) is 11.6 Å². The third kappa shape index (κ3) is 1.62. The minimum absolute atomic E-state index is 0.794. The molecule has 0 saturated heterocycles. The van der Waals surface area contributed by atoms with Gasteiger partial charge in [0.15, 0.2) is 0 Å². The number of anilines is 2. The van der Waals surface area contributed by atoms with Gasteiger partial charge in [-0.25, -0.2) is 0 Å². The minimum atomic E-state index is 0.794. The van der Waals surface area contributed by atoms with Crippen LogP contribution in [0.15, 0.2) is 18.2 Å². The SMILES string of the molecule is CCc1ccc(NN)cc1N. The summed E-state index contributed by atoms with van der Waals surface area (Å²) in [5.41, 5.74) is 11.0. The molecule has 0 atom stereocenters. The molecule has 0 aliphatic rings. The fraction of sp³-hybridized carbons (Fsp3) is 0.250. The van der Waals surface area contributed by atoms with Gasteiger partial charge in [0, 0.05) is 5.69 Å². The van der Waals surface area contributed by atoms with Gasteiger partial charge in [-0.3, -0.25) is 5.84 Å². The van der Waals surface area contributed by atoms with Gasteiger partial charge in [0.2, 0.25) is 0 Å². The van der Waals surface area contributed by atoms with E-state index in [-0.39, 0.29) is 0 Å². The molecule has 0 radical (unpaired) electrons. The number of nitrogen functional groups attached to an aromatic ring is 2. The van der Waals surface area contributed by atoms with Crippen molar-refractivity contribution >= 4 is 11.4 Å². The average Bonchev–Trinajstić information content (AvgIpc) is 2.04. The molecule has 1 rings (SSSR count). The molecule has 0 bridgehead atoms. The number of benzene rings is 1. The molecule has 3 nitrogen and oxygen atoms in total. The second kappa shape index (κ2) is 3.25. The van der Waals surface area contributed by atoms with Gasteiger partial charge in [0.05, 0.1) is 5.69 Å². The molecule has 0 saturated carbocycles. The number of rotatable bonds is 2. The van der Waals surface area contributed by atoms with Crippen molar-refractivity contribution in [2.24, 2.45) is 5.84 Å². The zero-order chi connectivity index (χ0) is 8.27. The highest BCUT2D eigenvalue weighted by Gasteiger charge is 1.96. The molecule has 0 spiro atoms. The summed E-state index contributed by atoms with van der Waals surface area (Å²) in [6, 6.07) is 5.72. The van der Waals surface area contributed by atoms with E-state index in [1.165, 1.54) is 0 Å². The molecule has 0 unspecified atom stereocenters. The molecule has 0 heterocycles. The van der Waals surface area contributed by atoms with E-state index >= 15 is 0 Å². The largest absolute Gasteiger partial charge is 0.398 e. The normalized spacial score (nSPS) is 9.64. The van der Waals surface area contributed by atoms with Crippen LogP contribution in [0.4, 0.5) is 11.4 Å². The molecule has 11 heavy (non-hydrogen) atoms. The Morgan fingerprint density at radius 1 is 1.45 bits per heavy atom. The summed E-state index contributed by atoms with van der Waals surface area (Å²) in [4.78, 5) is 0. The molecule has 0 fully saturated rings. The zero-order valence-corrected chi connectivity index (χ0v) is 6.59. The Bertz CT molecular complexity index is 245. The highest BCUT2D eigenvalue weighted by atomic mass is 15.2. The second-order valence-electron chi connectivity index (χ2n) is 2.41. The van der Waals surface area contributed by atoms with Crippen LogP contribution in [0.1, 0.15) is 12.5 Å². The van der Waals surface area contributed by atoms with Crippen molar-refractivity contribution in [3.63, 3.8) is 0 Å². The van der Waals surface area contributed by atoms with Crippen molar-refractivity contribution in [1.82, 2.24) is 0 Å². The van der Waals surface area contributed by atoms with Gasteiger partial charge in [0.25, 0.3) is 0 Å². The van der Waals surface area contributed by atoms with Crippen LogP contribution in [-0.2, 0) is 6.42 Å². The smallest absolute Gasteiger partial charge is 0.0505 e. The van der Waals surface area contributed by atoms with Crippen molar-refractivity contribution in [2.45, 2.75) is 13.3 Å². The van der Waals surface area contributed by atoms with Gasteiger partial charge in [-0.1, -0.05) is 13.0 Å². The van der Waals surface area contributed by atoms with Crippen molar-refractivity contribution in [2.75, 3.05) is 11.2 Å². The number of nitrogens with one attached hydrogen (secondary N) is 1. The van der Waals surface area contributed by atoms with E-state index in [1.54, 1.807) is 0 Å². The van der Waals surface area contributed by atoms with Gasteiger partial charge in [-0.15, -0.1) is 0 Å². The third-order valence-corrected chi connectivity index (χ3v) is 1.69. The molecule has 0 aromatic heterocycles. The van der Waals surface area contributed by atoms with Crippen LogP contribution in [0, 0.1) is 0 Å². The van der Waals surface area contributed by atoms with Crippen molar-refractivity contribution in [3.8, 4) is 0 Å². The monoisotopic (exact) mass is 151 g/mol. The van der Waals surface area contributed by atoms with Crippen LogP contribution < -0.4 is 17.0 Å². The first-order chi connectivity index (χ1) is 5.27. The fourth-order valence-electron chi connectivity index (χ4n) is 1.01. The number of aryl methyl sites for hydroxylation is 1. The maximum absolute atomic E-state index is 5.71. The lowest BCUT2D eigenvalue weighted by Gasteiger charge is -2.04. The number of nitrogens with two attached hydrogens (primary N) is 2. The van der Waals surface area contributed by atoms with Crippen LogP contribution >= 0.6 is 0 Å². The van der Waals surface area contributed by atoms with Crippen molar-refractivity contribution < 1.29 is 0 Å². The predicted octanol–water partition coefficient (Wildman–Crippen LogP) is 1.12. The summed E-state index contributed by atoms with van der Waals surface area (Å²) < 4.78 is 0. The number of hydrogen-bond donors (Lipinski definition) is 3. The first kappa shape index (κ1) is 7.88. The standard InChI is InChI=1S/C8H13N3/c1-2-6-3-4-7(11-10)5-8(6)9/h3-5,11H,2,9-10H2,1H3. The molecular formula is C8H13N3. The highest BCUT2D eigenvalue weighted by molar-refractivity contribution is 5.58. The molecule has 0 amide bonds. The van der Waals surface area contributed by atoms with Crippen LogP contribution in [0.25, 0.3) is 0 Å². The van der Waals surface area contributed by atoms with E-state index in [1.807, 2.05) is 18.2 Å². The number of hydrogen-bond acceptors (Lipinski definition) is 3. The molecule has 60 valence electrons. The lowest BCUT2D eigenvalue weighted by Crippen LogP contribution is -2.07. The van der Waals surface area contributed by atoms with Crippen LogP contribution in [0.2, 0.25) is 0 Å². The number of hydrazine groups is 1. The summed E-state index contributed by atoms with van der Waals surface area (Å²) in [5.74, 6) is 5.20. The maximum atomic E-state index is 5.71. The molecule has 1 aromatic carbocycles. The van der Waals surface area contributed by atoms with Gasteiger partial charge in [0.1, 0.15) is 0 Å². The van der Waals surface area contributed by atoms with E-state index in [2.05, 4.69) is 12.3 Å². The fourth-order valence-corrected chi connectivity index (χ4v) is 1.01. The average molecular weight is 151 g/mol. The maximum Gasteiger partial charge on any atom is 0.0505 e. The van der Waals surface area contributed by atoms with E-state index in [0.29, 0.717) is 0 Å². The summed E-state index contributed by atoms with van der Waals surface area (Å²) in [7, 11) is 0.